The number of allylic oxidation sites excluding steroid dienone is 3. The Morgan fingerprint density at radius 2 is 1.90 bits per heavy atom. The van der Waals surface area contributed by atoms with E-state index in [1.54, 1.807) is 18.7 Å². The molecule has 0 unspecified atom stereocenters. The number of hydrogen-bond donors (Lipinski definition) is 1. The van der Waals surface area contributed by atoms with Gasteiger partial charge >= 0.3 is 11.9 Å². The van der Waals surface area contributed by atoms with Crippen LogP contribution in [0.15, 0.2) is 51.7 Å². The van der Waals surface area contributed by atoms with E-state index in [1.807, 2.05) is 44.4 Å². The minimum absolute atomic E-state index is 0.201. The van der Waals surface area contributed by atoms with Crippen LogP contribution in [-0.4, -0.2) is 37.7 Å². The van der Waals surface area contributed by atoms with Crippen LogP contribution in [0.4, 0.5) is 0 Å². The Labute approximate surface area is 181 Å². The highest BCUT2D eigenvalue weighted by Crippen LogP contribution is 2.45. The second kappa shape index (κ2) is 9.08. The predicted molar refractivity (Wildman–Crippen MR) is 115 cm³/mol. The molecule has 0 amide bonds. The third-order valence-electron chi connectivity index (χ3n) is 5.69. The molecule has 30 heavy (non-hydrogen) atoms. The van der Waals surface area contributed by atoms with Crippen molar-refractivity contribution in [2.75, 3.05) is 20.0 Å². The lowest BCUT2D eigenvalue weighted by atomic mass is 9.69. The highest BCUT2D eigenvalue weighted by atomic mass is 32.2. The maximum absolute atomic E-state index is 13.5. The molecule has 3 rings (SSSR count). The van der Waals surface area contributed by atoms with Crippen LogP contribution in [0.3, 0.4) is 0 Å². The number of ether oxygens (including phenoxy) is 2. The molecule has 6 nitrogen and oxygen atoms in total. The van der Waals surface area contributed by atoms with Gasteiger partial charge < -0.3 is 14.8 Å². The average molecular weight is 430 g/mol. The van der Waals surface area contributed by atoms with Crippen LogP contribution in [0.5, 0.6) is 0 Å². The summed E-state index contributed by atoms with van der Waals surface area (Å²) in [7, 11) is 1.29. The number of benzene rings is 1. The number of Topliss-reactive ketones (excluding diaryl/α,β-unsaturated/α-hetero) is 1. The molecule has 0 bridgehead atoms. The van der Waals surface area contributed by atoms with E-state index in [2.05, 4.69) is 5.32 Å². The van der Waals surface area contributed by atoms with Crippen LogP contribution in [0.25, 0.3) is 0 Å². The van der Waals surface area contributed by atoms with Gasteiger partial charge in [-0.3, -0.25) is 9.59 Å². The zero-order chi connectivity index (χ0) is 22.0. The number of carbonyl (C=O) groups is 3. The fourth-order valence-corrected chi connectivity index (χ4v) is 4.70. The lowest BCUT2D eigenvalue weighted by Crippen LogP contribution is -2.43. The predicted octanol–water partition coefficient (Wildman–Crippen LogP) is 3.58. The van der Waals surface area contributed by atoms with Gasteiger partial charge in [0.05, 0.1) is 19.3 Å². The summed E-state index contributed by atoms with van der Waals surface area (Å²) in [6.45, 7) is 5.67. The quantitative estimate of drug-likeness (QED) is 0.435. The minimum atomic E-state index is -0.884. The normalized spacial score (nSPS) is 23.6. The van der Waals surface area contributed by atoms with E-state index in [-0.39, 0.29) is 18.3 Å². The van der Waals surface area contributed by atoms with E-state index in [9.17, 15) is 14.4 Å². The standard InChI is InChI=1S/C23H27NO5S/c1-6-29-23(27)18-13(3)24-16-11-12(2)17(22(26)28-4)21(25)20(16)19(18)14-7-9-15(30-5)10-8-14/h7-10,12,17,19,24H,6,11H2,1-5H3/t12-,17+,19-/m0/s1. The average Bonchev–Trinajstić information content (AvgIpc) is 2.72. The van der Waals surface area contributed by atoms with Gasteiger partial charge in [0.1, 0.15) is 5.92 Å². The fraction of sp³-hybridized carbons (Fsp3) is 0.435. The number of rotatable bonds is 5. The largest absolute Gasteiger partial charge is 0.468 e. The summed E-state index contributed by atoms with van der Waals surface area (Å²) >= 11 is 1.61. The molecule has 0 fully saturated rings. The Kier molecular flexibility index (Phi) is 6.71. The van der Waals surface area contributed by atoms with E-state index in [4.69, 9.17) is 9.47 Å². The highest BCUT2D eigenvalue weighted by molar-refractivity contribution is 7.98. The molecule has 160 valence electrons. The van der Waals surface area contributed by atoms with Crippen LogP contribution in [-0.2, 0) is 23.9 Å². The SMILES string of the molecule is CCOC(=O)C1=C(C)NC2=C(C(=O)[C@H](C(=O)OC)[C@@H](C)C2)[C@H]1c1ccc(SC)cc1. The number of thioether (sulfide) groups is 1. The molecule has 7 heteroatoms. The van der Waals surface area contributed by atoms with Crippen LogP contribution in [0.2, 0.25) is 0 Å². The molecule has 1 heterocycles. The van der Waals surface area contributed by atoms with Crippen molar-refractivity contribution in [3.63, 3.8) is 0 Å². The van der Waals surface area contributed by atoms with Gasteiger partial charge in [-0.1, -0.05) is 19.1 Å². The summed E-state index contributed by atoms with van der Waals surface area (Å²) in [5.74, 6) is -2.98. The first-order chi connectivity index (χ1) is 14.3. The van der Waals surface area contributed by atoms with Crippen molar-refractivity contribution in [1.82, 2.24) is 5.32 Å². The van der Waals surface area contributed by atoms with Crippen molar-refractivity contribution >= 4 is 29.5 Å². The molecule has 0 saturated heterocycles. The van der Waals surface area contributed by atoms with Crippen LogP contribution >= 0.6 is 11.8 Å². The maximum Gasteiger partial charge on any atom is 0.336 e. The summed E-state index contributed by atoms with van der Waals surface area (Å²) in [4.78, 5) is 39.9. The van der Waals surface area contributed by atoms with E-state index < -0.39 is 23.8 Å². The third kappa shape index (κ3) is 3.90. The van der Waals surface area contributed by atoms with Gasteiger partial charge in [0.2, 0.25) is 0 Å². The first-order valence-electron chi connectivity index (χ1n) is 9.97. The van der Waals surface area contributed by atoms with Gasteiger partial charge in [0, 0.05) is 27.8 Å². The van der Waals surface area contributed by atoms with Crippen molar-refractivity contribution in [3.8, 4) is 0 Å². The topological polar surface area (TPSA) is 81.7 Å². The Morgan fingerprint density at radius 3 is 2.47 bits per heavy atom. The van der Waals surface area contributed by atoms with Crippen molar-refractivity contribution in [2.24, 2.45) is 11.8 Å². The first kappa shape index (κ1) is 22.2. The van der Waals surface area contributed by atoms with Crippen LogP contribution in [0, 0.1) is 11.8 Å². The summed E-state index contributed by atoms with van der Waals surface area (Å²) in [6.07, 6.45) is 2.51. The summed E-state index contributed by atoms with van der Waals surface area (Å²) in [5.41, 5.74) is 3.10. The summed E-state index contributed by atoms with van der Waals surface area (Å²) < 4.78 is 10.2. The molecular formula is C23H27NO5S. The Balaban J connectivity index is 2.17. The Morgan fingerprint density at radius 1 is 1.23 bits per heavy atom. The summed E-state index contributed by atoms with van der Waals surface area (Å²) in [5, 5.41) is 3.25. The molecular weight excluding hydrogens is 402 g/mol. The zero-order valence-corrected chi connectivity index (χ0v) is 18.7. The maximum atomic E-state index is 13.5. The second-order valence-corrected chi connectivity index (χ2v) is 8.41. The monoisotopic (exact) mass is 429 g/mol. The van der Waals surface area contributed by atoms with Crippen molar-refractivity contribution in [1.29, 1.82) is 0 Å². The molecule has 2 aliphatic rings. The number of carbonyl (C=O) groups excluding carboxylic acids is 3. The van der Waals surface area contributed by atoms with E-state index in [0.29, 0.717) is 23.3 Å². The van der Waals surface area contributed by atoms with Crippen LogP contribution < -0.4 is 5.32 Å². The minimum Gasteiger partial charge on any atom is -0.468 e. The molecule has 0 spiro atoms. The number of esters is 2. The molecule has 1 aliphatic heterocycles. The Hall–Kier alpha value is -2.54. The zero-order valence-electron chi connectivity index (χ0n) is 17.9. The summed E-state index contributed by atoms with van der Waals surface area (Å²) in [6, 6.07) is 7.79. The lowest BCUT2D eigenvalue weighted by molar-refractivity contribution is -0.151. The molecule has 1 aromatic carbocycles. The first-order valence-corrected chi connectivity index (χ1v) is 11.2. The van der Waals surface area contributed by atoms with Crippen molar-refractivity contribution in [2.45, 2.75) is 38.0 Å². The van der Waals surface area contributed by atoms with Gasteiger partial charge in [-0.2, -0.15) is 0 Å². The number of ketones is 1. The molecule has 0 radical (unpaired) electrons. The molecule has 0 aromatic heterocycles. The van der Waals surface area contributed by atoms with Crippen molar-refractivity contribution < 1.29 is 23.9 Å². The second-order valence-electron chi connectivity index (χ2n) is 7.53. The molecule has 1 aliphatic carbocycles. The smallest absolute Gasteiger partial charge is 0.336 e. The molecule has 1 N–H and O–H groups in total. The van der Waals surface area contributed by atoms with E-state index in [0.717, 1.165) is 16.2 Å². The number of hydrogen-bond acceptors (Lipinski definition) is 7. The molecule has 1 aromatic rings. The number of nitrogens with one attached hydrogen (secondary N) is 1. The van der Waals surface area contributed by atoms with E-state index in [1.165, 1.54) is 7.11 Å². The third-order valence-corrected chi connectivity index (χ3v) is 6.43. The Bertz CT molecular complexity index is 931. The number of methoxy groups -OCH3 is 1. The highest BCUT2D eigenvalue weighted by Gasteiger charge is 2.47. The molecule has 3 atom stereocenters. The van der Waals surface area contributed by atoms with Crippen LogP contribution in [0.1, 0.15) is 38.7 Å². The molecule has 0 saturated carbocycles. The van der Waals surface area contributed by atoms with Gasteiger partial charge in [-0.25, -0.2) is 4.79 Å². The number of dihydropyridines is 1. The van der Waals surface area contributed by atoms with Gasteiger partial charge in [0.25, 0.3) is 0 Å². The van der Waals surface area contributed by atoms with E-state index >= 15 is 0 Å². The fourth-order valence-electron chi connectivity index (χ4n) is 4.29. The van der Waals surface area contributed by atoms with Gasteiger partial charge in [-0.05, 0) is 50.1 Å². The van der Waals surface area contributed by atoms with Gasteiger partial charge in [-0.15, -0.1) is 11.8 Å². The van der Waals surface area contributed by atoms with Gasteiger partial charge in [0.15, 0.2) is 5.78 Å². The lowest BCUT2D eigenvalue weighted by Gasteiger charge is -2.38. The van der Waals surface area contributed by atoms with Crippen molar-refractivity contribution in [3.05, 3.63) is 52.4 Å².